The molecule has 5 nitrogen and oxygen atoms in total. The molecule has 0 aromatic heterocycles. The minimum Gasteiger partial charge on any atom is -0.395 e. The van der Waals surface area contributed by atoms with Crippen LogP contribution in [-0.2, 0) is 4.79 Å². The molecular weight excluding hydrogens is 342 g/mol. The molecule has 162 valence electrons. The van der Waals surface area contributed by atoms with Crippen LogP contribution < -0.4 is 0 Å². The first-order valence-electron chi connectivity index (χ1n) is 11.3. The van der Waals surface area contributed by atoms with Crippen molar-refractivity contribution < 1.29 is 20.1 Å². The third kappa shape index (κ3) is 15.1. The maximum Gasteiger partial charge on any atom is 0.152 e. The SMILES string of the molecule is CCCCCCCCCCCCCCCC(=O)C(CO)N(CCO)CCO. The normalized spacial score (nSPS) is 12.6. The van der Waals surface area contributed by atoms with Crippen LogP contribution in [0.2, 0.25) is 0 Å². The van der Waals surface area contributed by atoms with Crippen LogP contribution in [0, 0.1) is 0 Å². The first kappa shape index (κ1) is 26.5. The summed E-state index contributed by atoms with van der Waals surface area (Å²) in [6, 6.07) is -0.596. The van der Waals surface area contributed by atoms with Crippen molar-refractivity contribution in [1.82, 2.24) is 4.90 Å². The van der Waals surface area contributed by atoms with Gasteiger partial charge in [0.25, 0.3) is 0 Å². The molecule has 1 unspecified atom stereocenters. The highest BCUT2D eigenvalue weighted by Gasteiger charge is 2.23. The summed E-state index contributed by atoms with van der Waals surface area (Å²) in [5.74, 6) is 0.0162. The van der Waals surface area contributed by atoms with Gasteiger partial charge in [-0.2, -0.15) is 0 Å². The van der Waals surface area contributed by atoms with Crippen LogP contribution in [0.25, 0.3) is 0 Å². The number of unbranched alkanes of at least 4 members (excludes halogenated alkanes) is 12. The quantitative estimate of drug-likeness (QED) is 0.262. The molecule has 0 fully saturated rings. The predicted molar refractivity (Wildman–Crippen MR) is 112 cm³/mol. The molecule has 0 aliphatic carbocycles. The number of rotatable bonds is 21. The van der Waals surface area contributed by atoms with E-state index in [-0.39, 0.29) is 25.6 Å². The van der Waals surface area contributed by atoms with Gasteiger partial charge in [0.1, 0.15) is 0 Å². The number of nitrogens with zero attached hydrogens (tertiary/aromatic N) is 1. The number of Topliss-reactive ketones (excluding diaryl/α,β-unsaturated/α-hetero) is 1. The number of hydrogen-bond donors (Lipinski definition) is 3. The summed E-state index contributed by atoms with van der Waals surface area (Å²) in [7, 11) is 0. The molecule has 0 aliphatic rings. The fourth-order valence-electron chi connectivity index (χ4n) is 3.58. The molecule has 0 aliphatic heterocycles. The first-order chi connectivity index (χ1) is 13.2. The maximum atomic E-state index is 12.3. The molecule has 0 heterocycles. The molecule has 5 heteroatoms. The smallest absolute Gasteiger partial charge is 0.152 e. The van der Waals surface area contributed by atoms with Gasteiger partial charge in [0, 0.05) is 19.5 Å². The summed E-state index contributed by atoms with van der Waals surface area (Å²) < 4.78 is 0. The molecule has 0 bridgehead atoms. The summed E-state index contributed by atoms with van der Waals surface area (Å²) in [6.45, 7) is 2.44. The zero-order valence-electron chi connectivity index (χ0n) is 17.7. The Kier molecular flexibility index (Phi) is 19.9. The molecule has 0 saturated carbocycles. The second-order valence-electron chi connectivity index (χ2n) is 7.64. The predicted octanol–water partition coefficient (Wildman–Crippen LogP) is 3.68. The van der Waals surface area contributed by atoms with Gasteiger partial charge in [-0.25, -0.2) is 0 Å². The Morgan fingerprint density at radius 3 is 1.48 bits per heavy atom. The summed E-state index contributed by atoms with van der Waals surface area (Å²) in [4.78, 5) is 14.0. The van der Waals surface area contributed by atoms with Crippen LogP contribution in [0.15, 0.2) is 0 Å². The van der Waals surface area contributed by atoms with Crippen LogP contribution in [-0.4, -0.2) is 65.0 Å². The van der Waals surface area contributed by atoms with E-state index < -0.39 is 6.04 Å². The minimum atomic E-state index is -0.596. The van der Waals surface area contributed by atoms with Crippen LogP contribution in [0.3, 0.4) is 0 Å². The third-order valence-electron chi connectivity index (χ3n) is 5.29. The van der Waals surface area contributed by atoms with Crippen LogP contribution >= 0.6 is 0 Å². The fourth-order valence-corrected chi connectivity index (χ4v) is 3.58. The van der Waals surface area contributed by atoms with E-state index in [9.17, 15) is 9.90 Å². The Labute approximate surface area is 167 Å². The van der Waals surface area contributed by atoms with Gasteiger partial charge in [0.05, 0.1) is 25.9 Å². The minimum absolute atomic E-state index is 0.0162. The molecule has 0 amide bonds. The highest BCUT2D eigenvalue weighted by Crippen LogP contribution is 2.14. The highest BCUT2D eigenvalue weighted by molar-refractivity contribution is 5.84. The van der Waals surface area contributed by atoms with Crippen molar-refractivity contribution in [2.75, 3.05) is 32.9 Å². The maximum absolute atomic E-state index is 12.3. The molecule has 27 heavy (non-hydrogen) atoms. The first-order valence-corrected chi connectivity index (χ1v) is 11.3. The van der Waals surface area contributed by atoms with E-state index >= 15 is 0 Å². The lowest BCUT2D eigenvalue weighted by atomic mass is 10.0. The molecule has 3 N–H and O–H groups in total. The van der Waals surface area contributed by atoms with E-state index in [1.807, 2.05) is 0 Å². The molecule has 0 aromatic carbocycles. The van der Waals surface area contributed by atoms with E-state index in [4.69, 9.17) is 10.2 Å². The van der Waals surface area contributed by atoms with Crippen LogP contribution in [0.4, 0.5) is 0 Å². The van der Waals surface area contributed by atoms with Gasteiger partial charge in [-0.1, -0.05) is 84.0 Å². The van der Waals surface area contributed by atoms with E-state index in [2.05, 4.69) is 6.92 Å². The van der Waals surface area contributed by atoms with E-state index in [0.717, 1.165) is 12.8 Å². The van der Waals surface area contributed by atoms with Crippen molar-refractivity contribution in [2.45, 2.75) is 103 Å². The van der Waals surface area contributed by atoms with Crippen molar-refractivity contribution in [3.05, 3.63) is 0 Å². The molecule has 0 rings (SSSR count). The Bertz CT molecular complexity index is 319. The Morgan fingerprint density at radius 1 is 0.704 bits per heavy atom. The van der Waals surface area contributed by atoms with E-state index in [1.54, 1.807) is 4.90 Å². The summed E-state index contributed by atoms with van der Waals surface area (Å²) in [5, 5.41) is 27.6. The van der Waals surface area contributed by atoms with Crippen molar-refractivity contribution in [3.8, 4) is 0 Å². The number of ketones is 1. The van der Waals surface area contributed by atoms with Gasteiger partial charge < -0.3 is 15.3 Å². The zero-order chi connectivity index (χ0) is 20.2. The molecule has 0 spiro atoms. The fraction of sp³-hybridized carbons (Fsp3) is 0.955. The molecule has 0 radical (unpaired) electrons. The summed E-state index contributed by atoms with van der Waals surface area (Å²) in [5.41, 5.74) is 0. The van der Waals surface area contributed by atoms with Gasteiger partial charge in [-0.3, -0.25) is 9.69 Å². The Balaban J connectivity index is 3.63. The van der Waals surface area contributed by atoms with Gasteiger partial charge in [-0.05, 0) is 6.42 Å². The van der Waals surface area contributed by atoms with Crippen molar-refractivity contribution >= 4 is 5.78 Å². The zero-order valence-corrected chi connectivity index (χ0v) is 17.7. The molecule has 1 atom stereocenters. The molecule has 0 saturated heterocycles. The Hall–Kier alpha value is -0.490. The van der Waals surface area contributed by atoms with E-state index in [0.29, 0.717) is 19.5 Å². The number of aliphatic hydroxyl groups is 3. The summed E-state index contributed by atoms with van der Waals surface area (Å²) >= 11 is 0. The van der Waals surface area contributed by atoms with Crippen molar-refractivity contribution in [1.29, 1.82) is 0 Å². The lowest BCUT2D eigenvalue weighted by Gasteiger charge is -2.28. The largest absolute Gasteiger partial charge is 0.395 e. The third-order valence-corrected chi connectivity index (χ3v) is 5.29. The average molecular weight is 388 g/mol. The summed E-state index contributed by atoms with van der Waals surface area (Å²) in [6.07, 6.45) is 17.0. The molecular formula is C22H45NO4. The Morgan fingerprint density at radius 2 is 1.11 bits per heavy atom. The molecule has 0 aromatic rings. The average Bonchev–Trinajstić information content (AvgIpc) is 2.66. The topological polar surface area (TPSA) is 81.0 Å². The number of carbonyl (C=O) groups excluding carboxylic acids is 1. The lowest BCUT2D eigenvalue weighted by molar-refractivity contribution is -0.126. The van der Waals surface area contributed by atoms with Crippen LogP contribution in [0.5, 0.6) is 0 Å². The van der Waals surface area contributed by atoms with Gasteiger partial charge in [0.2, 0.25) is 0 Å². The van der Waals surface area contributed by atoms with Crippen molar-refractivity contribution in [3.63, 3.8) is 0 Å². The van der Waals surface area contributed by atoms with Gasteiger partial charge in [0.15, 0.2) is 5.78 Å². The highest BCUT2D eigenvalue weighted by atomic mass is 16.3. The van der Waals surface area contributed by atoms with Gasteiger partial charge in [-0.15, -0.1) is 0 Å². The lowest BCUT2D eigenvalue weighted by Crippen LogP contribution is -2.46. The van der Waals surface area contributed by atoms with E-state index in [1.165, 1.54) is 70.6 Å². The number of aliphatic hydroxyl groups excluding tert-OH is 3. The van der Waals surface area contributed by atoms with Crippen molar-refractivity contribution in [2.24, 2.45) is 0 Å². The number of hydrogen-bond acceptors (Lipinski definition) is 5. The van der Waals surface area contributed by atoms with Crippen LogP contribution in [0.1, 0.15) is 96.8 Å². The van der Waals surface area contributed by atoms with Gasteiger partial charge >= 0.3 is 0 Å². The monoisotopic (exact) mass is 387 g/mol. The standard InChI is InChI=1S/C22H45NO4/c1-2-3-4-5-6-7-8-9-10-11-12-13-14-15-22(27)21(20-26)23(16-18-24)17-19-25/h21,24-26H,2-20H2,1H3. The second kappa shape index (κ2) is 20.2. The second-order valence-corrected chi connectivity index (χ2v) is 7.64. The number of carbonyl (C=O) groups is 1.